The Hall–Kier alpha value is -3.40. The number of imidazole rings is 1. The number of ether oxygens (including phenoxy) is 2. The summed E-state index contributed by atoms with van der Waals surface area (Å²) in [6, 6.07) is 9.07. The van der Waals surface area contributed by atoms with E-state index in [9.17, 15) is 18.5 Å². The van der Waals surface area contributed by atoms with Crippen LogP contribution in [0.3, 0.4) is 0 Å². The molecule has 0 atom stereocenters. The summed E-state index contributed by atoms with van der Waals surface area (Å²) in [6.07, 6.45) is 2.28. The molecular weight excluding hydrogens is 410 g/mol. The summed E-state index contributed by atoms with van der Waals surface area (Å²) >= 11 is 0. The van der Waals surface area contributed by atoms with Crippen LogP contribution in [0.2, 0.25) is 0 Å². The van der Waals surface area contributed by atoms with Gasteiger partial charge in [-0.3, -0.25) is 10.1 Å². The van der Waals surface area contributed by atoms with Crippen LogP contribution in [0, 0.1) is 17.0 Å². The number of nitro groups is 1. The highest BCUT2D eigenvalue weighted by Gasteiger charge is 2.27. The maximum Gasteiger partial charge on any atom is 0.315 e. The molecule has 0 aliphatic rings. The maximum atomic E-state index is 13.1. The van der Waals surface area contributed by atoms with Crippen LogP contribution >= 0.6 is 0 Å². The molecule has 9 nitrogen and oxygen atoms in total. The first-order valence-corrected chi connectivity index (χ1v) is 10.5. The largest absolute Gasteiger partial charge is 0.493 e. The summed E-state index contributed by atoms with van der Waals surface area (Å²) in [5, 5.41) is 11.7. The Morgan fingerprint density at radius 3 is 2.40 bits per heavy atom. The van der Waals surface area contributed by atoms with Crippen molar-refractivity contribution in [2.24, 2.45) is 0 Å². The molecule has 0 fully saturated rings. The average molecular weight is 431 g/mol. The van der Waals surface area contributed by atoms with Gasteiger partial charge in [-0.25, -0.2) is 17.4 Å². The second kappa shape index (κ2) is 8.15. The Morgan fingerprint density at radius 1 is 1.17 bits per heavy atom. The summed E-state index contributed by atoms with van der Waals surface area (Å²) < 4.78 is 38.1. The van der Waals surface area contributed by atoms with Gasteiger partial charge in [0.2, 0.25) is 5.75 Å². The van der Waals surface area contributed by atoms with Crippen LogP contribution in [0.5, 0.6) is 11.5 Å². The molecule has 158 valence electrons. The Kier molecular flexibility index (Phi) is 5.79. The van der Waals surface area contributed by atoms with Crippen LogP contribution < -0.4 is 9.47 Å². The second-order valence-corrected chi connectivity index (χ2v) is 8.63. The van der Waals surface area contributed by atoms with Crippen LogP contribution in [0.25, 0.3) is 11.4 Å². The summed E-state index contributed by atoms with van der Waals surface area (Å²) in [7, 11) is -2.61. The number of hydrogen-bond acceptors (Lipinski definition) is 7. The number of benzene rings is 2. The molecule has 1 aromatic heterocycles. The third-order valence-electron chi connectivity index (χ3n) is 4.25. The molecule has 0 unspecified atom stereocenters. The van der Waals surface area contributed by atoms with Gasteiger partial charge in [0.15, 0.2) is 11.6 Å². The lowest BCUT2D eigenvalue weighted by molar-refractivity contribution is -0.386. The first kappa shape index (κ1) is 21.3. The van der Waals surface area contributed by atoms with Gasteiger partial charge in [-0.15, -0.1) is 0 Å². The zero-order chi connectivity index (χ0) is 22.1. The number of nitrogens with zero attached hydrogens (tertiary/aromatic N) is 3. The molecule has 1 heterocycles. The van der Waals surface area contributed by atoms with Crippen LogP contribution in [0.15, 0.2) is 53.7 Å². The molecule has 0 saturated heterocycles. The van der Waals surface area contributed by atoms with Crippen LogP contribution in [0.1, 0.15) is 19.4 Å². The van der Waals surface area contributed by atoms with Crippen LogP contribution in [0.4, 0.5) is 5.69 Å². The third-order valence-corrected chi connectivity index (χ3v) is 5.93. The van der Waals surface area contributed by atoms with E-state index in [0.717, 1.165) is 9.54 Å². The van der Waals surface area contributed by atoms with Gasteiger partial charge in [0.25, 0.3) is 10.0 Å². The van der Waals surface area contributed by atoms with Gasteiger partial charge >= 0.3 is 5.69 Å². The lowest BCUT2D eigenvalue weighted by atomic mass is 10.1. The van der Waals surface area contributed by atoms with E-state index in [1.54, 1.807) is 26.0 Å². The van der Waals surface area contributed by atoms with Gasteiger partial charge in [-0.2, -0.15) is 0 Å². The van der Waals surface area contributed by atoms with Crippen molar-refractivity contribution in [3.63, 3.8) is 0 Å². The van der Waals surface area contributed by atoms with Crippen molar-refractivity contribution < 1.29 is 22.8 Å². The van der Waals surface area contributed by atoms with E-state index in [0.29, 0.717) is 0 Å². The minimum absolute atomic E-state index is 0.0214. The van der Waals surface area contributed by atoms with Gasteiger partial charge in [0.1, 0.15) is 0 Å². The summed E-state index contributed by atoms with van der Waals surface area (Å²) in [4.78, 5) is 15.3. The number of aryl methyl sites for hydroxylation is 1. The molecule has 0 N–H and O–H groups in total. The highest BCUT2D eigenvalue weighted by Crippen LogP contribution is 2.41. The van der Waals surface area contributed by atoms with Crippen LogP contribution in [-0.2, 0) is 10.0 Å². The minimum Gasteiger partial charge on any atom is -0.493 e. The van der Waals surface area contributed by atoms with E-state index in [4.69, 9.17) is 9.47 Å². The fourth-order valence-corrected chi connectivity index (χ4v) is 4.17. The Balaban J connectivity index is 2.19. The number of nitro benzene ring substituents is 1. The Labute approximate surface area is 174 Å². The molecule has 0 aliphatic heterocycles. The topological polar surface area (TPSA) is 114 Å². The van der Waals surface area contributed by atoms with Gasteiger partial charge in [-0.05, 0) is 39.0 Å². The van der Waals surface area contributed by atoms with Crippen molar-refractivity contribution in [3.8, 4) is 22.9 Å². The van der Waals surface area contributed by atoms with Gasteiger partial charge < -0.3 is 9.47 Å². The number of rotatable bonds is 7. The van der Waals surface area contributed by atoms with Gasteiger partial charge in [0, 0.05) is 24.0 Å². The third kappa shape index (κ3) is 3.99. The zero-order valence-corrected chi connectivity index (χ0v) is 17.7. The molecule has 0 aliphatic carbocycles. The van der Waals surface area contributed by atoms with Crippen molar-refractivity contribution >= 4 is 15.7 Å². The summed E-state index contributed by atoms with van der Waals surface area (Å²) in [5.41, 5.74) is 0.775. The monoisotopic (exact) mass is 431 g/mol. The lowest BCUT2D eigenvalue weighted by Crippen LogP contribution is -2.14. The maximum absolute atomic E-state index is 13.1. The normalized spacial score (nSPS) is 11.5. The predicted molar refractivity (Wildman–Crippen MR) is 110 cm³/mol. The van der Waals surface area contributed by atoms with Crippen molar-refractivity contribution in [2.45, 2.75) is 31.8 Å². The molecule has 0 bridgehead atoms. The molecule has 0 radical (unpaired) electrons. The fourth-order valence-electron chi connectivity index (χ4n) is 2.87. The number of methoxy groups -OCH3 is 1. The smallest absolute Gasteiger partial charge is 0.315 e. The molecule has 10 heteroatoms. The predicted octanol–water partition coefficient (Wildman–Crippen LogP) is 3.80. The van der Waals surface area contributed by atoms with Gasteiger partial charge in [0.05, 0.1) is 23.0 Å². The van der Waals surface area contributed by atoms with Crippen molar-refractivity contribution in [2.75, 3.05) is 7.11 Å². The summed E-state index contributed by atoms with van der Waals surface area (Å²) in [6.45, 7) is 5.32. The minimum atomic E-state index is -3.96. The first-order valence-electron chi connectivity index (χ1n) is 9.04. The highest BCUT2D eigenvalue weighted by molar-refractivity contribution is 7.90. The van der Waals surface area contributed by atoms with E-state index < -0.39 is 14.9 Å². The lowest BCUT2D eigenvalue weighted by Gasteiger charge is -2.15. The second-order valence-electron chi connectivity index (χ2n) is 6.82. The molecular formula is C20H21N3O6S. The Bertz CT molecular complexity index is 1180. The van der Waals surface area contributed by atoms with E-state index in [2.05, 4.69) is 4.98 Å². The standard InChI is InChI=1S/C20H21N3O6S/c1-13(2)29-19-17(23(24)25)11-15(12-18(19)28-4)20-21-9-10-22(20)30(26,27)16-7-5-14(3)6-8-16/h5-13H,1-4H3. The number of aromatic nitrogens is 2. The first-order chi connectivity index (χ1) is 14.1. The number of hydrogen-bond donors (Lipinski definition) is 0. The molecule has 3 rings (SSSR count). The summed E-state index contributed by atoms with van der Waals surface area (Å²) in [5.74, 6) is 0.101. The molecule has 2 aromatic carbocycles. The Morgan fingerprint density at radius 2 is 1.83 bits per heavy atom. The average Bonchev–Trinajstić information content (AvgIpc) is 3.18. The van der Waals surface area contributed by atoms with E-state index in [1.807, 2.05) is 6.92 Å². The van der Waals surface area contributed by atoms with E-state index in [-0.39, 0.29) is 39.6 Å². The van der Waals surface area contributed by atoms with Gasteiger partial charge in [-0.1, -0.05) is 17.7 Å². The quantitative estimate of drug-likeness (QED) is 0.413. The molecule has 0 spiro atoms. The van der Waals surface area contributed by atoms with Crippen molar-refractivity contribution in [3.05, 3.63) is 64.5 Å². The SMILES string of the molecule is COc1cc(-c2nccn2S(=O)(=O)c2ccc(C)cc2)cc([N+](=O)[O-])c1OC(C)C. The highest BCUT2D eigenvalue weighted by atomic mass is 32.2. The zero-order valence-electron chi connectivity index (χ0n) is 16.9. The van der Waals surface area contributed by atoms with Crippen LogP contribution in [-0.4, -0.2) is 35.5 Å². The van der Waals surface area contributed by atoms with E-state index in [1.165, 1.54) is 43.8 Å². The van der Waals surface area contributed by atoms with E-state index >= 15 is 0 Å². The molecule has 0 saturated carbocycles. The molecule has 30 heavy (non-hydrogen) atoms. The fraction of sp³-hybridized carbons (Fsp3) is 0.250. The van der Waals surface area contributed by atoms with Crippen molar-refractivity contribution in [1.82, 2.24) is 8.96 Å². The molecule has 0 amide bonds. The molecule has 3 aromatic rings. The van der Waals surface area contributed by atoms with Crippen molar-refractivity contribution in [1.29, 1.82) is 0 Å².